The SMILES string of the molecule is C1=NCN2CCCC=C12. The van der Waals surface area contributed by atoms with E-state index in [1.54, 1.807) is 0 Å². The Balaban J connectivity index is 2.23. The van der Waals surface area contributed by atoms with Crippen molar-refractivity contribution in [2.75, 3.05) is 13.2 Å². The zero-order chi connectivity index (χ0) is 6.10. The van der Waals surface area contributed by atoms with Crippen LogP contribution in [0, 0.1) is 0 Å². The Bertz CT molecular complexity index is 170. The molecule has 0 amide bonds. The molecule has 0 saturated heterocycles. The third-order valence-corrected chi connectivity index (χ3v) is 1.83. The molecule has 2 heteroatoms. The summed E-state index contributed by atoms with van der Waals surface area (Å²) in [4.78, 5) is 6.47. The molecular formula is C7H10N2. The van der Waals surface area contributed by atoms with Crippen molar-refractivity contribution in [3.8, 4) is 0 Å². The minimum Gasteiger partial charge on any atom is -0.351 e. The van der Waals surface area contributed by atoms with E-state index in [1.165, 1.54) is 25.1 Å². The second kappa shape index (κ2) is 1.87. The molecule has 0 saturated carbocycles. The van der Waals surface area contributed by atoms with Crippen LogP contribution in [0.1, 0.15) is 12.8 Å². The Kier molecular flexibility index (Phi) is 1.04. The van der Waals surface area contributed by atoms with Gasteiger partial charge >= 0.3 is 0 Å². The first kappa shape index (κ1) is 5.03. The van der Waals surface area contributed by atoms with E-state index in [1.807, 2.05) is 6.21 Å². The lowest BCUT2D eigenvalue weighted by molar-refractivity contribution is 0.367. The van der Waals surface area contributed by atoms with Gasteiger partial charge in [0, 0.05) is 12.8 Å². The van der Waals surface area contributed by atoms with Crippen molar-refractivity contribution >= 4 is 6.21 Å². The maximum atomic E-state index is 4.16. The smallest absolute Gasteiger partial charge is 0.110 e. The van der Waals surface area contributed by atoms with E-state index in [0.29, 0.717) is 0 Å². The highest BCUT2D eigenvalue weighted by Crippen LogP contribution is 2.15. The van der Waals surface area contributed by atoms with Crippen molar-refractivity contribution in [3.05, 3.63) is 11.8 Å². The Hall–Kier alpha value is -0.790. The molecule has 0 fully saturated rings. The second-order valence-corrected chi connectivity index (χ2v) is 2.49. The van der Waals surface area contributed by atoms with Crippen LogP contribution in [0.4, 0.5) is 0 Å². The fraction of sp³-hybridized carbons (Fsp3) is 0.571. The molecule has 0 aromatic heterocycles. The molecule has 2 heterocycles. The second-order valence-electron chi connectivity index (χ2n) is 2.49. The standard InChI is InChI=1S/C7H10N2/c1-2-4-9-6-8-5-7(9)3-1/h3,5H,1-2,4,6H2. The summed E-state index contributed by atoms with van der Waals surface area (Å²) >= 11 is 0. The highest BCUT2D eigenvalue weighted by atomic mass is 15.2. The van der Waals surface area contributed by atoms with Gasteiger partial charge in [0.15, 0.2) is 0 Å². The minimum atomic E-state index is 0.895. The quantitative estimate of drug-likeness (QED) is 0.468. The molecule has 0 atom stereocenters. The van der Waals surface area contributed by atoms with E-state index >= 15 is 0 Å². The van der Waals surface area contributed by atoms with Gasteiger partial charge in [0.1, 0.15) is 6.67 Å². The molecule has 0 aromatic carbocycles. The summed E-state index contributed by atoms with van der Waals surface area (Å²) < 4.78 is 0. The van der Waals surface area contributed by atoms with Gasteiger partial charge in [-0.3, -0.25) is 4.99 Å². The largest absolute Gasteiger partial charge is 0.351 e. The third kappa shape index (κ3) is 0.745. The molecule has 2 rings (SSSR count). The van der Waals surface area contributed by atoms with E-state index in [0.717, 1.165) is 6.67 Å². The summed E-state index contributed by atoms with van der Waals surface area (Å²) in [6, 6.07) is 0. The van der Waals surface area contributed by atoms with Crippen molar-refractivity contribution in [2.45, 2.75) is 12.8 Å². The van der Waals surface area contributed by atoms with E-state index in [2.05, 4.69) is 16.0 Å². The van der Waals surface area contributed by atoms with Gasteiger partial charge in [-0.2, -0.15) is 0 Å². The molecule has 0 radical (unpaired) electrons. The summed E-state index contributed by atoms with van der Waals surface area (Å²) in [6.45, 7) is 2.09. The molecule has 9 heavy (non-hydrogen) atoms. The zero-order valence-electron chi connectivity index (χ0n) is 5.38. The van der Waals surface area contributed by atoms with Gasteiger partial charge in [-0.1, -0.05) is 6.08 Å². The first-order valence-electron chi connectivity index (χ1n) is 3.42. The lowest BCUT2D eigenvalue weighted by Gasteiger charge is -2.21. The number of allylic oxidation sites excluding steroid dienone is 2. The first-order valence-corrected chi connectivity index (χ1v) is 3.42. The van der Waals surface area contributed by atoms with Gasteiger partial charge in [0.2, 0.25) is 0 Å². The predicted molar refractivity (Wildman–Crippen MR) is 37.4 cm³/mol. The van der Waals surface area contributed by atoms with Crippen LogP contribution >= 0.6 is 0 Å². The van der Waals surface area contributed by atoms with Crippen LogP contribution in [-0.2, 0) is 0 Å². The third-order valence-electron chi connectivity index (χ3n) is 1.83. The number of aliphatic imine (C=N–C) groups is 1. The summed E-state index contributed by atoms with van der Waals surface area (Å²) in [6.07, 6.45) is 6.77. The van der Waals surface area contributed by atoms with Crippen LogP contribution < -0.4 is 0 Å². The van der Waals surface area contributed by atoms with Gasteiger partial charge in [-0.25, -0.2) is 0 Å². The van der Waals surface area contributed by atoms with Crippen LogP contribution in [0.3, 0.4) is 0 Å². The zero-order valence-corrected chi connectivity index (χ0v) is 5.38. The highest BCUT2D eigenvalue weighted by molar-refractivity contribution is 5.79. The minimum absolute atomic E-state index is 0.895. The molecule has 48 valence electrons. The van der Waals surface area contributed by atoms with Crippen molar-refractivity contribution < 1.29 is 0 Å². The maximum absolute atomic E-state index is 4.16. The fourth-order valence-electron chi connectivity index (χ4n) is 1.31. The molecule has 0 aliphatic carbocycles. The molecule has 0 bridgehead atoms. The van der Waals surface area contributed by atoms with Crippen molar-refractivity contribution in [1.29, 1.82) is 0 Å². The van der Waals surface area contributed by atoms with E-state index in [9.17, 15) is 0 Å². The van der Waals surface area contributed by atoms with Crippen LogP contribution in [0.25, 0.3) is 0 Å². The Morgan fingerprint density at radius 3 is 3.44 bits per heavy atom. The lowest BCUT2D eigenvalue weighted by Crippen LogP contribution is -2.22. The van der Waals surface area contributed by atoms with Gasteiger partial charge < -0.3 is 4.90 Å². The van der Waals surface area contributed by atoms with Gasteiger partial charge in [0.25, 0.3) is 0 Å². The Morgan fingerprint density at radius 1 is 1.56 bits per heavy atom. The Labute approximate surface area is 54.9 Å². The summed E-state index contributed by atoms with van der Waals surface area (Å²) in [5.41, 5.74) is 1.33. The molecule has 2 nitrogen and oxygen atoms in total. The molecule has 0 N–H and O–H groups in total. The number of fused-ring (bicyclic) bond motifs is 1. The van der Waals surface area contributed by atoms with Crippen molar-refractivity contribution in [1.82, 2.24) is 4.90 Å². The lowest BCUT2D eigenvalue weighted by atomic mass is 10.2. The number of rotatable bonds is 0. The summed E-state index contributed by atoms with van der Waals surface area (Å²) in [5, 5.41) is 0. The summed E-state index contributed by atoms with van der Waals surface area (Å²) in [5.74, 6) is 0. The maximum Gasteiger partial charge on any atom is 0.110 e. The monoisotopic (exact) mass is 122 g/mol. The van der Waals surface area contributed by atoms with Gasteiger partial charge in [-0.15, -0.1) is 0 Å². The molecule has 0 aromatic rings. The molecule has 2 aliphatic heterocycles. The number of hydrogen-bond acceptors (Lipinski definition) is 2. The van der Waals surface area contributed by atoms with Crippen LogP contribution in [0.2, 0.25) is 0 Å². The van der Waals surface area contributed by atoms with E-state index < -0.39 is 0 Å². The summed E-state index contributed by atoms with van der Waals surface area (Å²) in [7, 11) is 0. The van der Waals surface area contributed by atoms with Gasteiger partial charge in [-0.05, 0) is 12.8 Å². The van der Waals surface area contributed by atoms with Crippen LogP contribution in [-0.4, -0.2) is 24.3 Å². The van der Waals surface area contributed by atoms with Crippen LogP contribution in [0.15, 0.2) is 16.8 Å². The van der Waals surface area contributed by atoms with Crippen molar-refractivity contribution in [2.24, 2.45) is 4.99 Å². The number of hydrogen-bond donors (Lipinski definition) is 0. The fourth-order valence-corrected chi connectivity index (χ4v) is 1.31. The van der Waals surface area contributed by atoms with Gasteiger partial charge in [0.05, 0.1) is 5.70 Å². The van der Waals surface area contributed by atoms with Crippen molar-refractivity contribution in [3.63, 3.8) is 0 Å². The predicted octanol–water partition coefficient (Wildman–Crippen LogP) is 1.01. The topological polar surface area (TPSA) is 15.6 Å². The number of nitrogens with zero attached hydrogens (tertiary/aromatic N) is 2. The van der Waals surface area contributed by atoms with E-state index in [4.69, 9.17) is 0 Å². The molecule has 0 spiro atoms. The van der Waals surface area contributed by atoms with E-state index in [-0.39, 0.29) is 0 Å². The van der Waals surface area contributed by atoms with Crippen LogP contribution in [0.5, 0.6) is 0 Å². The average molecular weight is 122 g/mol. The molecular weight excluding hydrogens is 112 g/mol. The molecule has 2 aliphatic rings. The normalized spacial score (nSPS) is 24.0. The Morgan fingerprint density at radius 2 is 2.56 bits per heavy atom. The highest BCUT2D eigenvalue weighted by Gasteiger charge is 2.13. The molecule has 0 unspecified atom stereocenters. The average Bonchev–Trinajstić information content (AvgIpc) is 2.33. The first-order chi connectivity index (χ1) is 4.47.